The molecule has 0 aliphatic heterocycles. The topological polar surface area (TPSA) is 50.2 Å². The fraction of sp³-hybridized carbons (Fsp3) is 0.294. The van der Waals surface area contributed by atoms with E-state index < -0.39 is 11.4 Å². The van der Waals surface area contributed by atoms with Crippen LogP contribution in [0.15, 0.2) is 42.6 Å². The van der Waals surface area contributed by atoms with Crippen LogP contribution in [0.1, 0.15) is 29.5 Å². The molecule has 108 valence electrons. The highest BCUT2D eigenvalue weighted by atomic mass is 35.5. The largest absolute Gasteiger partial charge is 0.481 e. The van der Waals surface area contributed by atoms with E-state index in [0.29, 0.717) is 18.0 Å². The van der Waals surface area contributed by atoms with Crippen molar-refractivity contribution < 1.29 is 9.90 Å². The van der Waals surface area contributed by atoms with Crippen LogP contribution in [0.3, 0.4) is 0 Å². The quantitative estimate of drug-likeness (QED) is 0.881. The van der Waals surface area contributed by atoms with Gasteiger partial charge in [0.15, 0.2) is 0 Å². The van der Waals surface area contributed by atoms with Gasteiger partial charge in [-0.15, -0.1) is 0 Å². The van der Waals surface area contributed by atoms with Crippen LogP contribution >= 0.6 is 11.6 Å². The van der Waals surface area contributed by atoms with E-state index in [0.717, 1.165) is 29.5 Å². The highest BCUT2D eigenvalue weighted by Gasteiger charge is 2.43. The summed E-state index contributed by atoms with van der Waals surface area (Å²) in [5.74, 6) is -0.761. The van der Waals surface area contributed by atoms with E-state index in [2.05, 4.69) is 4.98 Å². The van der Waals surface area contributed by atoms with Crippen molar-refractivity contribution in [1.82, 2.24) is 4.98 Å². The van der Waals surface area contributed by atoms with E-state index in [1.165, 1.54) is 0 Å². The summed E-state index contributed by atoms with van der Waals surface area (Å²) in [6.07, 6.45) is 4.56. The molecule has 0 saturated heterocycles. The zero-order valence-electron chi connectivity index (χ0n) is 11.6. The number of pyridine rings is 1. The summed E-state index contributed by atoms with van der Waals surface area (Å²) in [5, 5.41) is 10.3. The number of halogens is 1. The van der Waals surface area contributed by atoms with Crippen molar-refractivity contribution >= 4 is 17.6 Å². The van der Waals surface area contributed by atoms with E-state index >= 15 is 0 Å². The van der Waals surface area contributed by atoms with Gasteiger partial charge in [-0.2, -0.15) is 0 Å². The van der Waals surface area contributed by atoms with Crippen LogP contribution < -0.4 is 0 Å². The molecule has 2 aromatic rings. The third-order valence-electron chi connectivity index (χ3n) is 4.29. The zero-order chi connectivity index (χ0) is 14.9. The second-order valence-electron chi connectivity index (χ2n) is 5.56. The molecule has 1 aliphatic rings. The zero-order valence-corrected chi connectivity index (χ0v) is 12.3. The summed E-state index contributed by atoms with van der Waals surface area (Å²) in [7, 11) is 0. The van der Waals surface area contributed by atoms with Gasteiger partial charge in [0.1, 0.15) is 5.15 Å². The van der Waals surface area contributed by atoms with E-state index in [1.54, 1.807) is 12.3 Å². The number of aryl methyl sites for hydroxylation is 1. The van der Waals surface area contributed by atoms with Crippen molar-refractivity contribution in [2.24, 2.45) is 0 Å². The number of aromatic nitrogens is 1. The first-order valence-corrected chi connectivity index (χ1v) is 7.42. The first-order valence-electron chi connectivity index (χ1n) is 7.04. The minimum absolute atomic E-state index is 0.400. The van der Waals surface area contributed by atoms with E-state index in [4.69, 9.17) is 11.6 Å². The van der Waals surface area contributed by atoms with Crippen molar-refractivity contribution in [2.75, 3.05) is 0 Å². The molecule has 1 unspecified atom stereocenters. The molecule has 0 amide bonds. The van der Waals surface area contributed by atoms with Gasteiger partial charge in [0.05, 0.1) is 5.41 Å². The van der Waals surface area contributed by atoms with Crippen molar-refractivity contribution in [1.29, 1.82) is 0 Å². The molecule has 3 rings (SSSR count). The molecular formula is C17H16ClNO2. The van der Waals surface area contributed by atoms with Gasteiger partial charge < -0.3 is 5.11 Å². The number of carboxylic acids is 1. The smallest absolute Gasteiger partial charge is 0.314 e. The Kier molecular flexibility index (Phi) is 3.68. The highest BCUT2D eigenvalue weighted by molar-refractivity contribution is 6.29. The standard InChI is InChI=1S/C17H16ClNO2/c18-15-10-12(7-9-19-15)11-17(16(20)21)8-3-5-13-4-1-2-6-14(13)17/h1-2,4,6-7,9-10H,3,5,8,11H2,(H,20,21). The predicted molar refractivity (Wildman–Crippen MR) is 81.6 cm³/mol. The molecule has 4 heteroatoms. The summed E-state index contributed by atoms with van der Waals surface area (Å²) >= 11 is 5.93. The summed E-state index contributed by atoms with van der Waals surface area (Å²) in [5.41, 5.74) is 2.14. The monoisotopic (exact) mass is 301 g/mol. The Hall–Kier alpha value is -1.87. The van der Waals surface area contributed by atoms with Crippen LogP contribution in [-0.4, -0.2) is 16.1 Å². The fourth-order valence-electron chi connectivity index (χ4n) is 3.30. The van der Waals surface area contributed by atoms with Crippen LogP contribution in [-0.2, 0) is 23.1 Å². The molecule has 3 nitrogen and oxygen atoms in total. The van der Waals surface area contributed by atoms with Crippen LogP contribution in [0.25, 0.3) is 0 Å². The van der Waals surface area contributed by atoms with E-state index in [1.807, 2.05) is 30.3 Å². The normalized spacial score (nSPS) is 20.8. The number of carbonyl (C=O) groups is 1. The number of rotatable bonds is 3. The van der Waals surface area contributed by atoms with Crippen molar-refractivity contribution in [3.05, 3.63) is 64.4 Å². The number of hydrogen-bond donors (Lipinski definition) is 1. The number of nitrogens with zero attached hydrogens (tertiary/aromatic N) is 1. The Morgan fingerprint density at radius 3 is 2.90 bits per heavy atom. The van der Waals surface area contributed by atoms with Crippen molar-refractivity contribution in [2.45, 2.75) is 31.1 Å². The molecule has 0 saturated carbocycles. The van der Waals surface area contributed by atoms with Gasteiger partial charge in [-0.3, -0.25) is 4.79 Å². The molecule has 1 atom stereocenters. The minimum Gasteiger partial charge on any atom is -0.481 e. The third kappa shape index (κ3) is 2.54. The average Bonchev–Trinajstić information content (AvgIpc) is 2.47. The fourth-order valence-corrected chi connectivity index (χ4v) is 3.50. The average molecular weight is 302 g/mol. The molecule has 1 N–H and O–H groups in total. The Labute approximate surface area is 128 Å². The molecule has 1 aromatic heterocycles. The SMILES string of the molecule is O=C(O)C1(Cc2ccnc(Cl)c2)CCCc2ccccc21. The maximum atomic E-state index is 12.1. The van der Waals surface area contributed by atoms with Gasteiger partial charge >= 0.3 is 5.97 Å². The van der Waals surface area contributed by atoms with Crippen molar-refractivity contribution in [3.63, 3.8) is 0 Å². The molecular weight excluding hydrogens is 286 g/mol. The van der Waals surface area contributed by atoms with Crippen molar-refractivity contribution in [3.8, 4) is 0 Å². The number of fused-ring (bicyclic) bond motifs is 1. The number of benzene rings is 1. The second-order valence-corrected chi connectivity index (χ2v) is 5.95. The molecule has 1 heterocycles. The van der Waals surface area contributed by atoms with Gasteiger partial charge in [-0.25, -0.2) is 4.98 Å². The first-order chi connectivity index (χ1) is 10.1. The minimum atomic E-state index is -0.862. The second kappa shape index (κ2) is 5.49. The number of aliphatic carboxylic acids is 1. The molecule has 0 fully saturated rings. The number of carboxylic acid groups (broad SMARTS) is 1. The van der Waals surface area contributed by atoms with E-state index in [-0.39, 0.29) is 0 Å². The molecule has 0 radical (unpaired) electrons. The molecule has 0 spiro atoms. The van der Waals surface area contributed by atoms with Gasteiger partial charge in [0, 0.05) is 6.20 Å². The van der Waals surface area contributed by atoms with Gasteiger partial charge in [0.25, 0.3) is 0 Å². The van der Waals surface area contributed by atoms with Crippen LogP contribution in [0.2, 0.25) is 5.15 Å². The Morgan fingerprint density at radius 1 is 1.33 bits per heavy atom. The van der Waals surface area contributed by atoms with Crippen LogP contribution in [0.4, 0.5) is 0 Å². The summed E-state index contributed by atoms with van der Waals surface area (Å²) in [4.78, 5) is 16.0. The van der Waals surface area contributed by atoms with Gasteiger partial charge in [-0.05, 0) is 54.5 Å². The molecule has 1 aromatic carbocycles. The third-order valence-corrected chi connectivity index (χ3v) is 4.50. The lowest BCUT2D eigenvalue weighted by Gasteiger charge is -2.35. The lowest BCUT2D eigenvalue weighted by atomic mass is 9.67. The van der Waals surface area contributed by atoms with Gasteiger partial charge in [-0.1, -0.05) is 35.9 Å². The highest BCUT2D eigenvalue weighted by Crippen LogP contribution is 2.40. The Balaban J connectivity index is 2.08. The molecule has 21 heavy (non-hydrogen) atoms. The lowest BCUT2D eigenvalue weighted by molar-refractivity contribution is -0.144. The molecule has 1 aliphatic carbocycles. The lowest BCUT2D eigenvalue weighted by Crippen LogP contribution is -2.41. The Morgan fingerprint density at radius 2 is 2.14 bits per heavy atom. The Bertz CT molecular complexity index is 686. The van der Waals surface area contributed by atoms with Crippen LogP contribution in [0.5, 0.6) is 0 Å². The summed E-state index contributed by atoms with van der Waals surface area (Å²) in [6.45, 7) is 0. The maximum absolute atomic E-state index is 12.1. The number of hydrogen-bond acceptors (Lipinski definition) is 2. The van der Waals surface area contributed by atoms with E-state index in [9.17, 15) is 9.90 Å². The van der Waals surface area contributed by atoms with Gasteiger partial charge in [0.2, 0.25) is 0 Å². The maximum Gasteiger partial charge on any atom is 0.314 e. The molecule has 0 bridgehead atoms. The first kappa shape index (κ1) is 14.1. The summed E-state index contributed by atoms with van der Waals surface area (Å²) in [6, 6.07) is 11.5. The predicted octanol–water partition coefficient (Wildman–Crippen LogP) is 3.64. The summed E-state index contributed by atoms with van der Waals surface area (Å²) < 4.78 is 0. The van der Waals surface area contributed by atoms with Crippen LogP contribution in [0, 0.1) is 0 Å².